The molecular formula is C9H14. The van der Waals surface area contributed by atoms with Gasteiger partial charge in [0.2, 0.25) is 0 Å². The normalized spacial score (nSPS) is 11.3. The van der Waals surface area contributed by atoms with Gasteiger partial charge < -0.3 is 0 Å². The second-order valence-electron chi connectivity index (χ2n) is 1.90. The summed E-state index contributed by atoms with van der Waals surface area (Å²) in [6.07, 6.45) is 9.07. The van der Waals surface area contributed by atoms with E-state index in [0.717, 1.165) is 6.42 Å². The monoisotopic (exact) mass is 122 g/mol. The first-order chi connectivity index (χ1) is 4.31. The van der Waals surface area contributed by atoms with Crippen molar-refractivity contribution in [3.8, 4) is 0 Å². The van der Waals surface area contributed by atoms with E-state index in [1.54, 1.807) is 0 Å². The van der Waals surface area contributed by atoms with Crippen LogP contribution in [0.25, 0.3) is 0 Å². The molecule has 0 bridgehead atoms. The zero-order valence-corrected chi connectivity index (χ0v) is 6.22. The van der Waals surface area contributed by atoms with E-state index >= 15 is 0 Å². The van der Waals surface area contributed by atoms with Crippen LogP contribution in [0.1, 0.15) is 20.3 Å². The van der Waals surface area contributed by atoms with Gasteiger partial charge in [-0.25, -0.2) is 0 Å². The molecule has 0 saturated carbocycles. The van der Waals surface area contributed by atoms with Crippen molar-refractivity contribution >= 4 is 0 Å². The molecule has 0 heterocycles. The van der Waals surface area contributed by atoms with E-state index in [1.165, 1.54) is 5.57 Å². The lowest BCUT2D eigenvalue weighted by atomic mass is 10.2. The molecule has 0 aliphatic rings. The molecule has 0 aliphatic carbocycles. The van der Waals surface area contributed by atoms with Crippen molar-refractivity contribution in [3.05, 3.63) is 36.5 Å². The maximum absolute atomic E-state index is 3.82. The van der Waals surface area contributed by atoms with Gasteiger partial charge in [0.05, 0.1) is 0 Å². The van der Waals surface area contributed by atoms with Crippen LogP contribution in [0.15, 0.2) is 36.5 Å². The largest absolute Gasteiger partial charge is 0.0958 e. The fourth-order valence-corrected chi connectivity index (χ4v) is 0.421. The first-order valence-corrected chi connectivity index (χ1v) is 3.28. The van der Waals surface area contributed by atoms with Gasteiger partial charge in [-0.15, -0.1) is 0 Å². The Morgan fingerprint density at radius 3 is 2.56 bits per heavy atom. The lowest BCUT2D eigenvalue weighted by molar-refractivity contribution is 1.16. The van der Waals surface area contributed by atoms with Crippen molar-refractivity contribution in [2.45, 2.75) is 20.3 Å². The van der Waals surface area contributed by atoms with E-state index in [0.29, 0.717) is 0 Å². The second kappa shape index (κ2) is 5.36. The van der Waals surface area contributed by atoms with Gasteiger partial charge in [0.15, 0.2) is 0 Å². The summed E-state index contributed by atoms with van der Waals surface area (Å²) in [6, 6.07) is 0. The third-order valence-electron chi connectivity index (χ3n) is 1.09. The van der Waals surface area contributed by atoms with Crippen molar-refractivity contribution in [1.82, 2.24) is 0 Å². The first kappa shape index (κ1) is 8.22. The Morgan fingerprint density at radius 1 is 1.44 bits per heavy atom. The van der Waals surface area contributed by atoms with Crippen LogP contribution in [0, 0.1) is 0 Å². The third kappa shape index (κ3) is 5.09. The number of hydrogen-bond donors (Lipinski definition) is 0. The smallest absolute Gasteiger partial charge is 0.0313 e. The molecule has 0 spiro atoms. The van der Waals surface area contributed by atoms with Gasteiger partial charge in [-0.1, -0.05) is 43.4 Å². The molecule has 0 fully saturated rings. The highest BCUT2D eigenvalue weighted by molar-refractivity contribution is 5.18. The number of allylic oxidation sites excluding steroid dienone is 5. The summed E-state index contributed by atoms with van der Waals surface area (Å²) < 4.78 is 0. The number of hydrogen-bond acceptors (Lipinski definition) is 0. The summed E-state index contributed by atoms with van der Waals surface area (Å²) >= 11 is 0. The van der Waals surface area contributed by atoms with Crippen molar-refractivity contribution < 1.29 is 0 Å². The topological polar surface area (TPSA) is 0 Å². The van der Waals surface area contributed by atoms with Gasteiger partial charge >= 0.3 is 0 Å². The maximum Gasteiger partial charge on any atom is -0.0313 e. The Hall–Kier alpha value is -0.780. The molecule has 0 aromatic carbocycles. The third-order valence-corrected chi connectivity index (χ3v) is 1.09. The fourth-order valence-electron chi connectivity index (χ4n) is 0.421. The molecule has 0 radical (unpaired) electrons. The molecule has 0 amide bonds. The molecule has 9 heavy (non-hydrogen) atoms. The van der Waals surface area contributed by atoms with Crippen LogP contribution in [0.5, 0.6) is 0 Å². The SMILES string of the molecule is C=C(/C=C\C=C/C)CC. The van der Waals surface area contributed by atoms with E-state index in [1.807, 2.05) is 31.2 Å². The molecule has 50 valence electrons. The fraction of sp³-hybridized carbons (Fsp3) is 0.333. The minimum Gasteiger partial charge on any atom is -0.0958 e. The zero-order chi connectivity index (χ0) is 7.11. The average molecular weight is 122 g/mol. The highest BCUT2D eigenvalue weighted by Crippen LogP contribution is 1.97. The predicted molar refractivity (Wildman–Crippen MR) is 43.4 cm³/mol. The van der Waals surface area contributed by atoms with E-state index in [2.05, 4.69) is 13.5 Å². The highest BCUT2D eigenvalue weighted by Gasteiger charge is 1.76. The molecule has 0 aromatic heterocycles. The van der Waals surface area contributed by atoms with Crippen LogP contribution in [-0.2, 0) is 0 Å². The average Bonchev–Trinajstić information content (AvgIpc) is 1.89. The standard InChI is InChI=1S/C9H14/c1-4-6-7-8-9(3)5-2/h4,6-8H,3,5H2,1-2H3/b6-4-,8-7-. The van der Waals surface area contributed by atoms with E-state index in [9.17, 15) is 0 Å². The number of rotatable bonds is 3. The summed E-state index contributed by atoms with van der Waals surface area (Å²) in [7, 11) is 0. The van der Waals surface area contributed by atoms with Crippen LogP contribution in [-0.4, -0.2) is 0 Å². The molecule has 0 heteroatoms. The lowest BCUT2D eigenvalue weighted by Crippen LogP contribution is -1.66. The van der Waals surface area contributed by atoms with Crippen molar-refractivity contribution in [2.24, 2.45) is 0 Å². The molecule has 0 aliphatic heterocycles. The summed E-state index contributed by atoms with van der Waals surface area (Å²) in [5.74, 6) is 0. The summed E-state index contributed by atoms with van der Waals surface area (Å²) in [6.45, 7) is 7.92. The lowest BCUT2D eigenvalue weighted by Gasteiger charge is -1.86. The Labute approximate surface area is 57.6 Å². The van der Waals surface area contributed by atoms with Crippen molar-refractivity contribution in [2.75, 3.05) is 0 Å². The van der Waals surface area contributed by atoms with Gasteiger partial charge in [0, 0.05) is 0 Å². The maximum atomic E-state index is 3.82. The minimum atomic E-state index is 1.04. The Kier molecular flexibility index (Phi) is 4.89. The predicted octanol–water partition coefficient (Wildman–Crippen LogP) is 3.08. The highest BCUT2D eigenvalue weighted by atomic mass is 13.8. The van der Waals surface area contributed by atoms with Crippen LogP contribution in [0.3, 0.4) is 0 Å². The van der Waals surface area contributed by atoms with Gasteiger partial charge in [0.25, 0.3) is 0 Å². The van der Waals surface area contributed by atoms with E-state index in [4.69, 9.17) is 0 Å². The molecular weight excluding hydrogens is 108 g/mol. The van der Waals surface area contributed by atoms with E-state index in [-0.39, 0.29) is 0 Å². The quantitative estimate of drug-likeness (QED) is 0.504. The van der Waals surface area contributed by atoms with Crippen LogP contribution < -0.4 is 0 Å². The minimum absolute atomic E-state index is 1.04. The molecule has 0 atom stereocenters. The molecule has 0 aromatic rings. The van der Waals surface area contributed by atoms with Gasteiger partial charge in [-0.05, 0) is 13.3 Å². The molecule has 0 N–H and O–H groups in total. The second-order valence-corrected chi connectivity index (χ2v) is 1.90. The summed E-state index contributed by atoms with van der Waals surface area (Å²) in [5.41, 5.74) is 1.17. The van der Waals surface area contributed by atoms with Gasteiger partial charge in [-0.2, -0.15) is 0 Å². The van der Waals surface area contributed by atoms with E-state index < -0.39 is 0 Å². The Balaban J connectivity index is 3.57. The van der Waals surface area contributed by atoms with Gasteiger partial charge in [0.1, 0.15) is 0 Å². The van der Waals surface area contributed by atoms with Crippen molar-refractivity contribution in [1.29, 1.82) is 0 Å². The zero-order valence-electron chi connectivity index (χ0n) is 6.22. The molecule has 0 unspecified atom stereocenters. The van der Waals surface area contributed by atoms with Crippen molar-refractivity contribution in [3.63, 3.8) is 0 Å². The molecule has 0 nitrogen and oxygen atoms in total. The van der Waals surface area contributed by atoms with Crippen LogP contribution in [0.2, 0.25) is 0 Å². The van der Waals surface area contributed by atoms with Crippen LogP contribution >= 0.6 is 0 Å². The van der Waals surface area contributed by atoms with Crippen LogP contribution in [0.4, 0.5) is 0 Å². The Morgan fingerprint density at radius 2 is 2.11 bits per heavy atom. The Bertz CT molecular complexity index is 127. The summed E-state index contributed by atoms with van der Waals surface area (Å²) in [4.78, 5) is 0. The molecule has 0 saturated heterocycles. The molecule has 0 rings (SSSR count). The summed E-state index contributed by atoms with van der Waals surface area (Å²) in [5, 5.41) is 0. The first-order valence-electron chi connectivity index (χ1n) is 3.28. The van der Waals surface area contributed by atoms with Gasteiger partial charge in [-0.3, -0.25) is 0 Å².